The molecule has 1 saturated heterocycles. The van der Waals surface area contributed by atoms with Crippen molar-refractivity contribution in [3.8, 4) is 5.75 Å². The molecule has 1 N–H and O–H groups in total. The molecular formula is C23H30N2O4S. The van der Waals surface area contributed by atoms with Crippen LogP contribution in [-0.2, 0) is 26.9 Å². The van der Waals surface area contributed by atoms with Gasteiger partial charge in [0.25, 0.3) is 0 Å². The van der Waals surface area contributed by atoms with E-state index in [0.29, 0.717) is 16.7 Å². The Hall–Kier alpha value is -1.93. The lowest BCUT2D eigenvalue weighted by atomic mass is 9.75. The van der Waals surface area contributed by atoms with Gasteiger partial charge in [-0.25, -0.2) is 13.1 Å². The summed E-state index contributed by atoms with van der Waals surface area (Å²) in [7, 11) is 1.39. The zero-order chi connectivity index (χ0) is 21.4. The average Bonchev–Trinajstić information content (AvgIpc) is 2.97. The molecule has 30 heavy (non-hydrogen) atoms. The maximum Gasteiger partial charge on any atom is 0.240 e. The summed E-state index contributed by atoms with van der Waals surface area (Å²) >= 11 is 0. The number of likely N-dealkylation sites (tertiary alicyclic amines) is 1. The summed E-state index contributed by atoms with van der Waals surface area (Å²) in [6.45, 7) is 2.75. The van der Waals surface area contributed by atoms with E-state index in [9.17, 15) is 8.42 Å². The molecule has 2 aliphatic rings. The normalized spacial score (nSPS) is 26.6. The molecule has 2 bridgehead atoms. The van der Waals surface area contributed by atoms with Crippen LogP contribution in [-0.4, -0.2) is 47.7 Å². The molecule has 0 radical (unpaired) electrons. The van der Waals surface area contributed by atoms with Crippen LogP contribution in [0.1, 0.15) is 24.0 Å². The largest absolute Gasteiger partial charge is 0.497 e. The smallest absolute Gasteiger partial charge is 0.240 e. The minimum absolute atomic E-state index is 0.291. The number of sulfonamides is 1. The lowest BCUT2D eigenvalue weighted by Crippen LogP contribution is -2.52. The van der Waals surface area contributed by atoms with E-state index in [1.165, 1.54) is 12.6 Å². The Labute approximate surface area is 179 Å². The second-order valence-electron chi connectivity index (χ2n) is 8.25. The monoisotopic (exact) mass is 430 g/mol. The standard InChI is InChI=1S/C23H30N2O4S/c1-24-30(26,27)22-6-4-5-18(13-22)23(29-3)19-9-10-20(23)16-25(15-19)14-17-7-11-21(28-2)12-8-17/h4-8,11-13,19-20,24H,9-10,14-16H2,1-3H3. The number of benzene rings is 2. The number of rotatable bonds is 7. The molecule has 6 nitrogen and oxygen atoms in total. The number of fused-ring (bicyclic) bond motifs is 2. The molecule has 0 amide bonds. The summed E-state index contributed by atoms with van der Waals surface area (Å²) < 4.78 is 38.6. The lowest BCUT2D eigenvalue weighted by Gasteiger charge is -2.47. The summed E-state index contributed by atoms with van der Waals surface area (Å²) in [6, 6.07) is 15.5. The van der Waals surface area contributed by atoms with Crippen LogP contribution in [0.5, 0.6) is 5.75 Å². The molecule has 2 fully saturated rings. The number of piperidine rings is 1. The first-order chi connectivity index (χ1) is 14.4. The third kappa shape index (κ3) is 3.64. The molecule has 162 valence electrons. The molecule has 0 aromatic heterocycles. The number of methoxy groups -OCH3 is 2. The van der Waals surface area contributed by atoms with Gasteiger partial charge in [-0.3, -0.25) is 4.90 Å². The van der Waals surface area contributed by atoms with E-state index in [-0.39, 0.29) is 0 Å². The van der Waals surface area contributed by atoms with Crippen molar-refractivity contribution in [2.24, 2.45) is 11.8 Å². The van der Waals surface area contributed by atoms with E-state index in [2.05, 4.69) is 21.8 Å². The lowest BCUT2D eigenvalue weighted by molar-refractivity contribution is -0.120. The van der Waals surface area contributed by atoms with Crippen molar-refractivity contribution >= 4 is 10.0 Å². The number of nitrogens with zero attached hydrogens (tertiary/aromatic N) is 1. The van der Waals surface area contributed by atoms with Gasteiger partial charge in [0.2, 0.25) is 10.0 Å². The molecule has 1 aliphatic carbocycles. The molecular weight excluding hydrogens is 400 g/mol. The second-order valence-corrected chi connectivity index (χ2v) is 10.1. The van der Waals surface area contributed by atoms with E-state index in [4.69, 9.17) is 9.47 Å². The third-order valence-corrected chi connectivity index (χ3v) is 8.21. The molecule has 4 rings (SSSR count). The summed E-state index contributed by atoms with van der Waals surface area (Å²) in [5, 5.41) is 0. The van der Waals surface area contributed by atoms with Crippen molar-refractivity contribution < 1.29 is 17.9 Å². The predicted molar refractivity (Wildman–Crippen MR) is 116 cm³/mol. The zero-order valence-electron chi connectivity index (χ0n) is 17.8. The first-order valence-corrected chi connectivity index (χ1v) is 11.9. The minimum atomic E-state index is -3.49. The minimum Gasteiger partial charge on any atom is -0.497 e. The first-order valence-electron chi connectivity index (χ1n) is 10.4. The van der Waals surface area contributed by atoms with Crippen molar-refractivity contribution in [3.63, 3.8) is 0 Å². The van der Waals surface area contributed by atoms with Crippen LogP contribution in [0, 0.1) is 11.8 Å². The molecule has 1 aliphatic heterocycles. The fourth-order valence-electron chi connectivity index (χ4n) is 5.38. The molecule has 0 spiro atoms. The summed E-state index contributed by atoms with van der Waals surface area (Å²) in [4.78, 5) is 2.79. The highest BCUT2D eigenvalue weighted by Gasteiger charge is 2.55. The van der Waals surface area contributed by atoms with Gasteiger partial charge in [0.1, 0.15) is 11.4 Å². The van der Waals surface area contributed by atoms with Crippen LogP contribution in [0.2, 0.25) is 0 Å². The van der Waals surface area contributed by atoms with Gasteiger partial charge < -0.3 is 9.47 Å². The molecule has 2 atom stereocenters. The first kappa shape index (κ1) is 21.3. The third-order valence-electron chi connectivity index (χ3n) is 6.80. The van der Waals surface area contributed by atoms with Gasteiger partial charge in [-0.15, -0.1) is 0 Å². The van der Waals surface area contributed by atoms with E-state index >= 15 is 0 Å². The Morgan fingerprint density at radius 2 is 1.73 bits per heavy atom. The van der Waals surface area contributed by atoms with Gasteiger partial charge in [-0.05, 0) is 55.3 Å². The van der Waals surface area contributed by atoms with Crippen molar-refractivity contribution in [1.29, 1.82) is 0 Å². The molecule has 1 heterocycles. The number of ether oxygens (including phenoxy) is 2. The van der Waals surface area contributed by atoms with Crippen LogP contribution in [0.3, 0.4) is 0 Å². The average molecular weight is 431 g/mol. The highest BCUT2D eigenvalue weighted by Crippen LogP contribution is 2.53. The highest BCUT2D eigenvalue weighted by atomic mass is 32.2. The Bertz CT molecular complexity index is 977. The van der Waals surface area contributed by atoms with E-state index < -0.39 is 15.6 Å². The summed E-state index contributed by atoms with van der Waals surface area (Å²) in [5.41, 5.74) is 1.80. The van der Waals surface area contributed by atoms with Gasteiger partial charge in [0.05, 0.1) is 12.0 Å². The van der Waals surface area contributed by atoms with Crippen molar-refractivity contribution in [1.82, 2.24) is 9.62 Å². The fourth-order valence-corrected chi connectivity index (χ4v) is 6.16. The molecule has 2 unspecified atom stereocenters. The van der Waals surface area contributed by atoms with Crippen LogP contribution < -0.4 is 9.46 Å². The maximum absolute atomic E-state index is 12.3. The van der Waals surface area contributed by atoms with Gasteiger partial charge in [-0.1, -0.05) is 24.3 Å². The number of hydrogen-bond donors (Lipinski definition) is 1. The SMILES string of the molecule is CNS(=O)(=O)c1cccc(C2(OC)C3CCC2CN(Cc2ccc(OC)cc2)C3)c1. The quantitative estimate of drug-likeness (QED) is 0.731. The number of nitrogens with one attached hydrogen (secondary N) is 1. The van der Waals surface area contributed by atoms with Crippen LogP contribution in [0.4, 0.5) is 0 Å². The van der Waals surface area contributed by atoms with E-state index in [1.54, 1.807) is 26.4 Å². The fraction of sp³-hybridized carbons (Fsp3) is 0.478. The summed E-state index contributed by atoms with van der Waals surface area (Å²) in [5.74, 6) is 1.52. The van der Waals surface area contributed by atoms with Crippen molar-refractivity contribution in [2.45, 2.75) is 29.9 Å². The topological polar surface area (TPSA) is 67.9 Å². The Morgan fingerprint density at radius 3 is 2.30 bits per heavy atom. The zero-order valence-corrected chi connectivity index (χ0v) is 18.6. The van der Waals surface area contributed by atoms with Crippen molar-refractivity contribution in [3.05, 3.63) is 59.7 Å². The molecule has 2 aromatic carbocycles. The Kier molecular flexibility index (Phi) is 5.90. The molecule has 1 saturated carbocycles. The predicted octanol–water partition coefficient (Wildman–Crippen LogP) is 2.99. The van der Waals surface area contributed by atoms with Crippen LogP contribution >= 0.6 is 0 Å². The van der Waals surface area contributed by atoms with Crippen LogP contribution in [0.25, 0.3) is 0 Å². The van der Waals surface area contributed by atoms with Crippen LogP contribution in [0.15, 0.2) is 53.4 Å². The van der Waals surface area contributed by atoms with Gasteiger partial charge >= 0.3 is 0 Å². The molecule has 2 aromatic rings. The molecule has 7 heteroatoms. The Balaban J connectivity index is 1.59. The highest BCUT2D eigenvalue weighted by molar-refractivity contribution is 7.89. The van der Waals surface area contributed by atoms with E-state index in [1.807, 2.05) is 24.3 Å². The second kappa shape index (κ2) is 8.30. The van der Waals surface area contributed by atoms with E-state index in [0.717, 1.165) is 43.8 Å². The maximum atomic E-state index is 12.3. The Morgan fingerprint density at radius 1 is 1.07 bits per heavy atom. The van der Waals surface area contributed by atoms with Gasteiger partial charge in [-0.2, -0.15) is 0 Å². The van der Waals surface area contributed by atoms with Gasteiger partial charge in [0.15, 0.2) is 0 Å². The summed E-state index contributed by atoms with van der Waals surface area (Å²) in [6.07, 6.45) is 2.17. The van der Waals surface area contributed by atoms with Crippen molar-refractivity contribution in [2.75, 3.05) is 34.4 Å². The number of hydrogen-bond acceptors (Lipinski definition) is 5. The van der Waals surface area contributed by atoms with Gasteiger partial charge in [0, 0.05) is 38.6 Å².